The molecule has 0 saturated carbocycles. The highest BCUT2D eigenvalue weighted by atomic mass is 16.3. The second kappa shape index (κ2) is 4.48. The number of rotatable bonds is 3. The summed E-state index contributed by atoms with van der Waals surface area (Å²) in [6, 6.07) is 2.85. The molecule has 6 nitrogen and oxygen atoms in total. The van der Waals surface area contributed by atoms with Gasteiger partial charge in [-0.3, -0.25) is 4.79 Å². The monoisotopic (exact) mass is 230 g/mol. The molecule has 1 aromatic heterocycles. The molecule has 0 unspecified atom stereocenters. The van der Waals surface area contributed by atoms with E-state index in [1.807, 2.05) is 0 Å². The molecule has 17 heavy (non-hydrogen) atoms. The predicted molar refractivity (Wildman–Crippen MR) is 58.7 cm³/mol. The Bertz CT molecular complexity index is 540. The maximum Gasteiger partial charge on any atom is 0.283 e. The number of hydrogen-bond donors (Lipinski definition) is 1. The number of carbonyl (C=O) groups is 1. The van der Waals surface area contributed by atoms with Gasteiger partial charge in [0.15, 0.2) is 23.9 Å². The highest BCUT2D eigenvalue weighted by Crippen LogP contribution is 2.34. The number of phenolic OH excluding ortho intramolecular Hbond substituents is 1. The molecule has 0 saturated heterocycles. The maximum absolute atomic E-state index is 10.8. The van der Waals surface area contributed by atoms with Crippen molar-refractivity contribution in [2.45, 2.75) is 0 Å². The van der Waals surface area contributed by atoms with Gasteiger partial charge in [0.05, 0.1) is 17.3 Å². The quantitative estimate of drug-likeness (QED) is 0.638. The lowest BCUT2D eigenvalue weighted by molar-refractivity contribution is -0.382. The predicted octanol–water partition coefficient (Wildman–Crippen LogP) is 1.48. The van der Waals surface area contributed by atoms with Crippen molar-refractivity contribution < 1.29 is 14.9 Å². The van der Waals surface area contributed by atoms with E-state index >= 15 is 0 Å². The first-order chi connectivity index (χ1) is 8.26. The van der Waals surface area contributed by atoms with E-state index in [0.29, 0.717) is 17.4 Å². The van der Waals surface area contributed by atoms with Gasteiger partial charge < -0.3 is 5.11 Å². The van der Waals surface area contributed by atoms with E-state index in [1.54, 1.807) is 12.4 Å². The Morgan fingerprint density at radius 1 is 1.35 bits per heavy atom. The van der Waals surface area contributed by atoms with Crippen LogP contribution in [0, 0.1) is 4.91 Å². The molecule has 0 radical (unpaired) electrons. The summed E-state index contributed by atoms with van der Waals surface area (Å²) in [5.41, 5.74) is 1.10. The summed E-state index contributed by atoms with van der Waals surface area (Å²) in [5.74, 6) is -0.411. The van der Waals surface area contributed by atoms with E-state index in [9.17, 15) is 14.8 Å². The SMILES string of the molecule is O=Cc1cc(-c2cnc[nH+]c2)cc(N=O)c1O. The van der Waals surface area contributed by atoms with Crippen LogP contribution in [0.25, 0.3) is 11.1 Å². The lowest BCUT2D eigenvalue weighted by atomic mass is 10.0. The van der Waals surface area contributed by atoms with Crippen LogP contribution < -0.4 is 4.98 Å². The third-order valence-electron chi connectivity index (χ3n) is 2.28. The summed E-state index contributed by atoms with van der Waals surface area (Å²) in [6.45, 7) is 0. The Hall–Kier alpha value is -2.63. The summed E-state index contributed by atoms with van der Waals surface area (Å²) in [5, 5.41) is 12.2. The van der Waals surface area contributed by atoms with Crippen molar-refractivity contribution >= 4 is 12.0 Å². The highest BCUT2D eigenvalue weighted by Gasteiger charge is 2.12. The molecule has 2 rings (SSSR count). The molecule has 84 valence electrons. The Morgan fingerprint density at radius 3 is 2.76 bits per heavy atom. The lowest BCUT2D eigenvalue weighted by Gasteiger charge is -2.03. The van der Waals surface area contributed by atoms with E-state index in [4.69, 9.17) is 0 Å². The Morgan fingerprint density at radius 2 is 2.18 bits per heavy atom. The number of aromatic amines is 1. The summed E-state index contributed by atoms with van der Waals surface area (Å²) >= 11 is 0. The zero-order chi connectivity index (χ0) is 12.3. The Balaban J connectivity index is 2.64. The van der Waals surface area contributed by atoms with Gasteiger partial charge in [0.25, 0.3) is 6.33 Å². The first kappa shape index (κ1) is 10.9. The number of aromatic nitrogens is 2. The zero-order valence-corrected chi connectivity index (χ0v) is 8.62. The first-order valence-corrected chi connectivity index (χ1v) is 4.73. The molecule has 0 aliphatic rings. The van der Waals surface area contributed by atoms with Crippen LogP contribution in [-0.2, 0) is 0 Å². The standard InChI is InChI=1S/C11H7N3O3/c15-5-8-1-7(2-10(14-17)11(8)16)9-3-12-6-13-4-9/h1-6,16H/p+1. The second-order valence-electron chi connectivity index (χ2n) is 3.32. The normalized spacial score (nSPS) is 9.88. The number of hydrogen-bond acceptors (Lipinski definition) is 5. The summed E-state index contributed by atoms with van der Waals surface area (Å²) in [6.07, 6.45) is 5.17. The number of aromatic hydroxyl groups is 1. The fraction of sp³-hybridized carbons (Fsp3) is 0. The van der Waals surface area contributed by atoms with Crippen LogP contribution in [0.4, 0.5) is 5.69 Å². The van der Waals surface area contributed by atoms with Crippen LogP contribution in [0.2, 0.25) is 0 Å². The molecule has 0 fully saturated rings. The fourth-order valence-electron chi connectivity index (χ4n) is 1.45. The molecule has 0 spiro atoms. The van der Waals surface area contributed by atoms with Crippen molar-refractivity contribution in [3.63, 3.8) is 0 Å². The minimum absolute atomic E-state index is 0.0148. The Kier molecular flexibility index (Phi) is 2.87. The van der Waals surface area contributed by atoms with Crippen LogP contribution in [0.15, 0.2) is 36.0 Å². The largest absolute Gasteiger partial charge is 0.505 e. The van der Waals surface area contributed by atoms with Crippen molar-refractivity contribution in [1.29, 1.82) is 0 Å². The fourth-order valence-corrected chi connectivity index (χ4v) is 1.45. The molecule has 2 N–H and O–H groups in total. The van der Waals surface area contributed by atoms with Gasteiger partial charge in [-0.25, -0.2) is 4.98 Å². The van der Waals surface area contributed by atoms with Gasteiger partial charge in [-0.05, 0) is 22.9 Å². The molecule has 6 heteroatoms. The van der Waals surface area contributed by atoms with Crippen molar-refractivity contribution in [2.75, 3.05) is 0 Å². The topological polar surface area (TPSA) is 93.8 Å². The van der Waals surface area contributed by atoms with E-state index in [1.165, 1.54) is 18.5 Å². The summed E-state index contributed by atoms with van der Waals surface area (Å²) in [7, 11) is 0. The Labute approximate surface area is 95.9 Å². The number of phenols is 1. The summed E-state index contributed by atoms with van der Waals surface area (Å²) in [4.78, 5) is 27.9. The molecule has 0 aliphatic heterocycles. The van der Waals surface area contributed by atoms with Crippen molar-refractivity contribution in [1.82, 2.24) is 4.98 Å². The van der Waals surface area contributed by atoms with Crippen LogP contribution >= 0.6 is 0 Å². The first-order valence-electron chi connectivity index (χ1n) is 4.73. The highest BCUT2D eigenvalue weighted by molar-refractivity contribution is 5.86. The number of aldehydes is 1. The van der Waals surface area contributed by atoms with Crippen LogP contribution in [0.3, 0.4) is 0 Å². The van der Waals surface area contributed by atoms with Gasteiger partial charge in [0.1, 0.15) is 0 Å². The number of nitroso groups, excluding NO2 is 1. The minimum atomic E-state index is -0.411. The number of benzene rings is 1. The zero-order valence-electron chi connectivity index (χ0n) is 8.62. The molecular weight excluding hydrogens is 222 g/mol. The molecule has 1 heterocycles. The molecule has 0 atom stereocenters. The third-order valence-corrected chi connectivity index (χ3v) is 2.28. The maximum atomic E-state index is 10.8. The van der Waals surface area contributed by atoms with Gasteiger partial charge >= 0.3 is 0 Å². The molecule has 2 aromatic rings. The second-order valence-corrected chi connectivity index (χ2v) is 3.32. The van der Waals surface area contributed by atoms with Crippen LogP contribution in [0.5, 0.6) is 5.75 Å². The van der Waals surface area contributed by atoms with Crippen molar-refractivity contribution in [3.8, 4) is 16.9 Å². The van der Waals surface area contributed by atoms with Gasteiger partial charge in [-0.15, -0.1) is 4.91 Å². The molecule has 0 aliphatic carbocycles. The molecule has 0 bridgehead atoms. The van der Waals surface area contributed by atoms with E-state index < -0.39 is 5.75 Å². The van der Waals surface area contributed by atoms with E-state index in [0.717, 1.165) is 0 Å². The summed E-state index contributed by atoms with van der Waals surface area (Å²) < 4.78 is 0. The van der Waals surface area contributed by atoms with Crippen LogP contribution in [0.1, 0.15) is 10.4 Å². The molecular formula is C11H8N3O3+. The minimum Gasteiger partial charge on any atom is -0.505 e. The average molecular weight is 230 g/mol. The van der Waals surface area contributed by atoms with E-state index in [-0.39, 0.29) is 11.3 Å². The van der Waals surface area contributed by atoms with Crippen molar-refractivity contribution in [2.24, 2.45) is 5.18 Å². The van der Waals surface area contributed by atoms with Gasteiger partial charge in [0.2, 0.25) is 0 Å². The van der Waals surface area contributed by atoms with Crippen molar-refractivity contribution in [3.05, 3.63) is 41.3 Å². The number of nitrogens with one attached hydrogen (secondary N) is 1. The number of nitrogens with zero attached hydrogens (tertiary/aromatic N) is 2. The average Bonchev–Trinajstić information content (AvgIpc) is 2.40. The smallest absolute Gasteiger partial charge is 0.283 e. The molecule has 1 aromatic carbocycles. The molecule has 0 amide bonds. The van der Waals surface area contributed by atoms with Gasteiger partial charge in [0, 0.05) is 0 Å². The van der Waals surface area contributed by atoms with Gasteiger partial charge in [-0.2, -0.15) is 0 Å². The third kappa shape index (κ3) is 2.00. The van der Waals surface area contributed by atoms with Crippen LogP contribution in [-0.4, -0.2) is 16.4 Å². The number of carbonyl (C=O) groups excluding carboxylic acids is 1. The van der Waals surface area contributed by atoms with E-state index in [2.05, 4.69) is 15.1 Å². The lowest BCUT2D eigenvalue weighted by Crippen LogP contribution is -2.01. The number of H-pyrrole nitrogens is 1. The van der Waals surface area contributed by atoms with Gasteiger partial charge in [-0.1, -0.05) is 4.98 Å².